The Morgan fingerprint density at radius 1 is 1.14 bits per heavy atom. The summed E-state index contributed by atoms with van der Waals surface area (Å²) in [5.74, 6) is 0.428. The van der Waals surface area contributed by atoms with Crippen molar-refractivity contribution in [2.45, 2.75) is 13.8 Å². The molecule has 0 amide bonds. The van der Waals surface area contributed by atoms with Crippen LogP contribution in [0.4, 0.5) is 5.13 Å². The van der Waals surface area contributed by atoms with Crippen LogP contribution in [0.5, 0.6) is 0 Å². The molecule has 106 valence electrons. The molecule has 3 aromatic rings. The number of rotatable bonds is 4. The molecule has 2 aromatic carbocycles. The Morgan fingerprint density at radius 3 is 2.76 bits per heavy atom. The van der Waals surface area contributed by atoms with Crippen molar-refractivity contribution in [2.75, 3.05) is 5.43 Å². The summed E-state index contributed by atoms with van der Waals surface area (Å²) in [6, 6.07) is 14.8. The molecule has 4 heteroatoms. The smallest absolute Gasteiger partial charge is 0.203 e. The summed E-state index contributed by atoms with van der Waals surface area (Å²) in [6.07, 6.45) is 1.87. The summed E-state index contributed by atoms with van der Waals surface area (Å²) in [5, 5.41) is 9.52. The molecule has 0 aliphatic rings. The third kappa shape index (κ3) is 3.28. The van der Waals surface area contributed by atoms with E-state index in [2.05, 4.69) is 77.2 Å². The van der Waals surface area contributed by atoms with Crippen molar-refractivity contribution in [3.63, 3.8) is 0 Å². The number of hydrogen-bond acceptors (Lipinski definition) is 4. The Balaban J connectivity index is 1.84. The molecule has 21 heavy (non-hydrogen) atoms. The van der Waals surface area contributed by atoms with Crippen molar-refractivity contribution in [3.8, 4) is 11.3 Å². The number of hydrazone groups is 1. The van der Waals surface area contributed by atoms with Crippen LogP contribution in [-0.2, 0) is 0 Å². The largest absolute Gasteiger partial charge is 0.253 e. The van der Waals surface area contributed by atoms with Crippen LogP contribution in [0.2, 0.25) is 0 Å². The molecule has 1 heterocycles. The molecule has 0 saturated carbocycles. The predicted molar refractivity (Wildman–Crippen MR) is 92.0 cm³/mol. The maximum atomic E-state index is 4.58. The highest BCUT2D eigenvalue weighted by molar-refractivity contribution is 7.14. The van der Waals surface area contributed by atoms with Crippen LogP contribution in [-0.4, -0.2) is 11.2 Å². The van der Waals surface area contributed by atoms with Crippen molar-refractivity contribution in [1.29, 1.82) is 0 Å². The van der Waals surface area contributed by atoms with Gasteiger partial charge in [0.05, 0.1) is 5.69 Å². The van der Waals surface area contributed by atoms with Crippen molar-refractivity contribution < 1.29 is 0 Å². The first-order chi connectivity index (χ1) is 10.2. The Hall–Kier alpha value is -2.20. The predicted octanol–water partition coefficient (Wildman–Crippen LogP) is 5.02. The monoisotopic (exact) mass is 295 g/mol. The lowest BCUT2D eigenvalue weighted by Crippen LogP contribution is -1.93. The van der Waals surface area contributed by atoms with Gasteiger partial charge in [0.25, 0.3) is 0 Å². The van der Waals surface area contributed by atoms with Gasteiger partial charge in [-0.1, -0.05) is 50.2 Å². The molecule has 0 unspecified atom stereocenters. The minimum Gasteiger partial charge on any atom is -0.253 e. The molecule has 0 bridgehead atoms. The first-order valence-corrected chi connectivity index (χ1v) is 7.84. The maximum Gasteiger partial charge on any atom is 0.203 e. The van der Waals surface area contributed by atoms with E-state index in [1.165, 1.54) is 10.8 Å². The normalized spacial score (nSPS) is 11.6. The van der Waals surface area contributed by atoms with Crippen LogP contribution < -0.4 is 5.43 Å². The van der Waals surface area contributed by atoms with E-state index in [9.17, 15) is 0 Å². The minimum absolute atomic E-state index is 0.428. The second-order valence-corrected chi connectivity index (χ2v) is 6.09. The van der Waals surface area contributed by atoms with E-state index in [4.69, 9.17) is 0 Å². The molecule has 0 fully saturated rings. The zero-order valence-electron chi connectivity index (χ0n) is 12.1. The molecule has 0 aliphatic heterocycles. The van der Waals surface area contributed by atoms with Crippen molar-refractivity contribution >= 4 is 33.5 Å². The number of benzene rings is 2. The van der Waals surface area contributed by atoms with Crippen molar-refractivity contribution in [3.05, 3.63) is 47.8 Å². The third-order valence-electron chi connectivity index (χ3n) is 3.08. The lowest BCUT2D eigenvalue weighted by Gasteiger charge is -2.00. The van der Waals surface area contributed by atoms with Crippen LogP contribution >= 0.6 is 11.3 Å². The average Bonchev–Trinajstić information content (AvgIpc) is 2.95. The van der Waals surface area contributed by atoms with E-state index >= 15 is 0 Å². The first kappa shape index (κ1) is 13.8. The number of aromatic nitrogens is 1. The molecule has 0 atom stereocenters. The fraction of sp³-hybridized carbons (Fsp3) is 0.176. The van der Waals surface area contributed by atoms with Gasteiger partial charge in [-0.05, 0) is 22.8 Å². The Labute approximate surface area is 128 Å². The van der Waals surface area contributed by atoms with Gasteiger partial charge in [-0.3, -0.25) is 5.43 Å². The van der Waals surface area contributed by atoms with E-state index in [0.717, 1.165) is 16.4 Å². The van der Waals surface area contributed by atoms with E-state index in [-0.39, 0.29) is 0 Å². The number of hydrogen-bond donors (Lipinski definition) is 1. The first-order valence-electron chi connectivity index (χ1n) is 6.96. The van der Waals surface area contributed by atoms with Gasteiger partial charge in [-0.2, -0.15) is 5.10 Å². The van der Waals surface area contributed by atoms with Crippen molar-refractivity contribution in [2.24, 2.45) is 11.0 Å². The Morgan fingerprint density at radius 2 is 1.95 bits per heavy atom. The second kappa shape index (κ2) is 6.06. The average molecular weight is 295 g/mol. The highest BCUT2D eigenvalue weighted by Gasteiger charge is 2.04. The fourth-order valence-corrected chi connectivity index (χ4v) is 2.72. The van der Waals surface area contributed by atoms with Crippen molar-refractivity contribution in [1.82, 2.24) is 4.98 Å². The Bertz CT molecular complexity index is 774. The highest BCUT2D eigenvalue weighted by Crippen LogP contribution is 2.27. The SMILES string of the molecule is CC(C)/C=N\Nc1nc(-c2ccc3ccccc3c2)cs1. The number of nitrogens with one attached hydrogen (secondary N) is 1. The van der Waals surface area contributed by atoms with Crippen LogP contribution in [0.25, 0.3) is 22.0 Å². The fourth-order valence-electron chi connectivity index (χ4n) is 2.05. The Kier molecular flexibility index (Phi) is 3.97. The van der Waals surface area contributed by atoms with Crippen LogP contribution in [0, 0.1) is 5.92 Å². The number of thiazole rings is 1. The van der Waals surface area contributed by atoms with Gasteiger partial charge < -0.3 is 0 Å². The topological polar surface area (TPSA) is 37.3 Å². The number of nitrogens with zero attached hydrogens (tertiary/aromatic N) is 2. The van der Waals surface area contributed by atoms with Crippen LogP contribution in [0.15, 0.2) is 52.9 Å². The van der Waals surface area contributed by atoms with E-state index in [1.807, 2.05) is 6.21 Å². The van der Waals surface area contributed by atoms with E-state index in [1.54, 1.807) is 11.3 Å². The summed E-state index contributed by atoms with van der Waals surface area (Å²) in [6.45, 7) is 4.18. The molecule has 0 saturated heterocycles. The lowest BCUT2D eigenvalue weighted by atomic mass is 10.1. The summed E-state index contributed by atoms with van der Waals surface area (Å²) < 4.78 is 0. The second-order valence-electron chi connectivity index (χ2n) is 5.23. The van der Waals surface area contributed by atoms with Crippen LogP contribution in [0.3, 0.4) is 0 Å². The minimum atomic E-state index is 0.428. The molecule has 1 N–H and O–H groups in total. The molecule has 3 nitrogen and oxygen atoms in total. The maximum absolute atomic E-state index is 4.58. The van der Waals surface area contributed by atoms with Gasteiger partial charge in [0.1, 0.15) is 0 Å². The molecular formula is C17H17N3S. The quantitative estimate of drug-likeness (QED) is 0.542. The molecule has 0 aliphatic carbocycles. The van der Waals surface area contributed by atoms with Gasteiger partial charge in [0, 0.05) is 17.2 Å². The van der Waals surface area contributed by atoms with Crippen LogP contribution in [0.1, 0.15) is 13.8 Å². The van der Waals surface area contributed by atoms with Gasteiger partial charge in [0.15, 0.2) is 0 Å². The number of anilines is 1. The summed E-state index contributed by atoms with van der Waals surface area (Å²) in [5.41, 5.74) is 5.09. The summed E-state index contributed by atoms with van der Waals surface area (Å²) in [7, 11) is 0. The molecule has 3 rings (SSSR count). The molecular weight excluding hydrogens is 278 g/mol. The summed E-state index contributed by atoms with van der Waals surface area (Å²) >= 11 is 1.57. The third-order valence-corrected chi connectivity index (χ3v) is 3.83. The van der Waals surface area contributed by atoms with Gasteiger partial charge in [0.2, 0.25) is 5.13 Å². The lowest BCUT2D eigenvalue weighted by molar-refractivity contribution is 0.904. The molecule has 0 spiro atoms. The molecule has 0 radical (unpaired) electrons. The zero-order chi connectivity index (χ0) is 14.7. The van der Waals surface area contributed by atoms with E-state index in [0.29, 0.717) is 5.92 Å². The molecule has 1 aromatic heterocycles. The van der Waals surface area contributed by atoms with Gasteiger partial charge in [-0.15, -0.1) is 11.3 Å². The number of fused-ring (bicyclic) bond motifs is 1. The standard InChI is InChI=1S/C17H17N3S/c1-12(2)10-18-20-17-19-16(11-21-17)15-8-7-13-5-3-4-6-14(13)9-15/h3-12H,1-2H3,(H,19,20)/b18-10-. The van der Waals surface area contributed by atoms with Gasteiger partial charge in [-0.25, -0.2) is 4.98 Å². The summed E-state index contributed by atoms with van der Waals surface area (Å²) in [4.78, 5) is 4.58. The zero-order valence-corrected chi connectivity index (χ0v) is 12.9. The van der Waals surface area contributed by atoms with E-state index < -0.39 is 0 Å². The highest BCUT2D eigenvalue weighted by atomic mass is 32.1. The van der Waals surface area contributed by atoms with Gasteiger partial charge >= 0.3 is 0 Å².